The second-order valence-corrected chi connectivity index (χ2v) is 6.44. The molecule has 118 valence electrons. The van der Waals surface area contributed by atoms with Crippen LogP contribution in [-0.2, 0) is 6.54 Å². The van der Waals surface area contributed by atoms with Crippen molar-refractivity contribution in [2.45, 2.75) is 25.9 Å². The van der Waals surface area contributed by atoms with Crippen LogP contribution in [-0.4, -0.2) is 55.1 Å². The van der Waals surface area contributed by atoms with Crippen molar-refractivity contribution in [1.29, 1.82) is 0 Å². The standard InChI is InChI=1S/C16H25F2N3/c1-16(2,21-8-6-20(3)7-9-21)12-19-11-13-10-14(17)4-5-15(13)18/h4-5,10,19H,6-9,11-12H2,1-3H3. The monoisotopic (exact) mass is 297 g/mol. The maximum atomic E-state index is 13.6. The molecule has 0 unspecified atom stereocenters. The lowest BCUT2D eigenvalue weighted by atomic mass is 10.0. The van der Waals surface area contributed by atoms with E-state index >= 15 is 0 Å². The fraction of sp³-hybridized carbons (Fsp3) is 0.625. The molecule has 0 aromatic heterocycles. The highest BCUT2D eigenvalue weighted by Crippen LogP contribution is 2.16. The Labute approximate surface area is 125 Å². The van der Waals surface area contributed by atoms with Crippen LogP contribution in [0, 0.1) is 11.6 Å². The summed E-state index contributed by atoms with van der Waals surface area (Å²) >= 11 is 0. The first-order chi connectivity index (χ1) is 9.88. The number of nitrogens with zero attached hydrogens (tertiary/aromatic N) is 2. The minimum absolute atomic E-state index is 0.00502. The predicted octanol–water partition coefficient (Wildman–Crippen LogP) is 2.08. The van der Waals surface area contributed by atoms with Crippen molar-refractivity contribution in [3.8, 4) is 0 Å². The van der Waals surface area contributed by atoms with Gasteiger partial charge < -0.3 is 10.2 Å². The van der Waals surface area contributed by atoms with Crippen LogP contribution < -0.4 is 5.32 Å². The summed E-state index contributed by atoms with van der Waals surface area (Å²) < 4.78 is 26.7. The molecule has 5 heteroatoms. The summed E-state index contributed by atoms with van der Waals surface area (Å²) in [6, 6.07) is 3.58. The molecule has 3 nitrogen and oxygen atoms in total. The molecule has 1 saturated heterocycles. The van der Waals surface area contributed by atoms with E-state index in [-0.39, 0.29) is 11.4 Å². The molecule has 0 aliphatic carbocycles. The number of benzene rings is 1. The fourth-order valence-electron chi connectivity index (χ4n) is 2.71. The van der Waals surface area contributed by atoms with Crippen LogP contribution in [0.25, 0.3) is 0 Å². The Morgan fingerprint density at radius 2 is 1.81 bits per heavy atom. The zero-order valence-electron chi connectivity index (χ0n) is 13.1. The zero-order chi connectivity index (χ0) is 15.5. The van der Waals surface area contributed by atoms with Crippen LogP contribution in [0.4, 0.5) is 8.78 Å². The summed E-state index contributed by atoms with van der Waals surface area (Å²) in [5.74, 6) is -0.757. The van der Waals surface area contributed by atoms with Crippen molar-refractivity contribution < 1.29 is 8.78 Å². The molecule has 1 aliphatic rings. The number of nitrogens with one attached hydrogen (secondary N) is 1. The minimum Gasteiger partial charge on any atom is -0.311 e. The highest BCUT2D eigenvalue weighted by Gasteiger charge is 2.28. The van der Waals surface area contributed by atoms with Crippen molar-refractivity contribution in [2.24, 2.45) is 0 Å². The predicted molar refractivity (Wildman–Crippen MR) is 81.2 cm³/mol. The van der Waals surface area contributed by atoms with Gasteiger partial charge >= 0.3 is 0 Å². The molecule has 1 heterocycles. The number of piperazine rings is 1. The lowest BCUT2D eigenvalue weighted by Crippen LogP contribution is -2.57. The first-order valence-corrected chi connectivity index (χ1v) is 7.47. The van der Waals surface area contributed by atoms with Crippen molar-refractivity contribution in [1.82, 2.24) is 15.1 Å². The van der Waals surface area contributed by atoms with Crippen LogP contribution in [0.3, 0.4) is 0 Å². The van der Waals surface area contributed by atoms with Gasteiger partial charge in [0.2, 0.25) is 0 Å². The first kappa shape index (κ1) is 16.3. The van der Waals surface area contributed by atoms with E-state index in [4.69, 9.17) is 0 Å². The summed E-state index contributed by atoms with van der Waals surface area (Å²) in [5.41, 5.74) is 0.384. The van der Waals surface area contributed by atoms with Crippen LogP contribution in [0.15, 0.2) is 18.2 Å². The third-order valence-corrected chi connectivity index (χ3v) is 4.24. The highest BCUT2D eigenvalue weighted by molar-refractivity contribution is 5.18. The molecule has 0 atom stereocenters. The molecule has 0 amide bonds. The molecular weight excluding hydrogens is 272 g/mol. The molecule has 1 aromatic carbocycles. The quantitative estimate of drug-likeness (QED) is 0.898. The molecule has 0 bridgehead atoms. The van der Waals surface area contributed by atoms with Crippen molar-refractivity contribution >= 4 is 0 Å². The van der Waals surface area contributed by atoms with E-state index in [1.807, 2.05) is 0 Å². The largest absolute Gasteiger partial charge is 0.311 e. The summed E-state index contributed by atoms with van der Waals surface area (Å²) in [6.07, 6.45) is 0. The van der Waals surface area contributed by atoms with Gasteiger partial charge in [-0.25, -0.2) is 8.78 Å². The van der Waals surface area contributed by atoms with Gasteiger partial charge in [0.25, 0.3) is 0 Å². The normalized spacial score (nSPS) is 18.1. The van der Waals surface area contributed by atoms with Crippen LogP contribution in [0.1, 0.15) is 19.4 Å². The van der Waals surface area contributed by atoms with E-state index in [0.29, 0.717) is 12.1 Å². The Kier molecular flexibility index (Phi) is 5.30. The SMILES string of the molecule is CN1CCN(C(C)(C)CNCc2cc(F)ccc2F)CC1. The Bertz CT molecular complexity index is 469. The average Bonchev–Trinajstić information content (AvgIpc) is 2.43. The molecule has 0 radical (unpaired) electrons. The number of likely N-dealkylation sites (N-methyl/N-ethyl adjacent to an activating group) is 1. The number of hydrogen-bond donors (Lipinski definition) is 1. The van der Waals surface area contributed by atoms with Gasteiger partial charge in [0, 0.05) is 50.4 Å². The maximum Gasteiger partial charge on any atom is 0.127 e. The van der Waals surface area contributed by atoms with Crippen molar-refractivity contribution in [3.05, 3.63) is 35.4 Å². The molecule has 1 fully saturated rings. The Morgan fingerprint density at radius 3 is 2.48 bits per heavy atom. The van der Waals surface area contributed by atoms with E-state index in [1.54, 1.807) is 0 Å². The van der Waals surface area contributed by atoms with Crippen molar-refractivity contribution in [2.75, 3.05) is 39.8 Å². The second kappa shape index (κ2) is 6.81. The van der Waals surface area contributed by atoms with Gasteiger partial charge in [0.15, 0.2) is 0 Å². The lowest BCUT2D eigenvalue weighted by molar-refractivity contribution is 0.0617. The second-order valence-electron chi connectivity index (χ2n) is 6.44. The van der Waals surface area contributed by atoms with Crippen LogP contribution in [0.5, 0.6) is 0 Å². The van der Waals surface area contributed by atoms with Gasteiger partial charge in [-0.15, -0.1) is 0 Å². The smallest absolute Gasteiger partial charge is 0.127 e. The lowest BCUT2D eigenvalue weighted by Gasteiger charge is -2.43. The number of halogens is 2. The van der Waals surface area contributed by atoms with Gasteiger partial charge in [-0.3, -0.25) is 4.90 Å². The third-order valence-electron chi connectivity index (χ3n) is 4.24. The van der Waals surface area contributed by atoms with E-state index in [1.165, 1.54) is 12.1 Å². The van der Waals surface area contributed by atoms with Gasteiger partial charge in [-0.2, -0.15) is 0 Å². The summed E-state index contributed by atoms with van der Waals surface area (Å²) in [6.45, 7) is 9.69. The number of hydrogen-bond acceptors (Lipinski definition) is 3. The molecule has 0 spiro atoms. The van der Waals surface area contributed by atoms with Gasteiger partial charge in [-0.05, 0) is 39.1 Å². The molecule has 1 aromatic rings. The van der Waals surface area contributed by atoms with Crippen LogP contribution >= 0.6 is 0 Å². The molecular formula is C16H25F2N3. The van der Waals surface area contributed by atoms with E-state index < -0.39 is 5.82 Å². The van der Waals surface area contributed by atoms with Crippen molar-refractivity contribution in [3.63, 3.8) is 0 Å². The highest BCUT2D eigenvalue weighted by atomic mass is 19.1. The summed E-state index contributed by atoms with van der Waals surface area (Å²) in [4.78, 5) is 4.77. The Hall–Kier alpha value is -1.04. The third kappa shape index (κ3) is 4.46. The fourth-order valence-corrected chi connectivity index (χ4v) is 2.71. The number of rotatable bonds is 5. The Morgan fingerprint density at radius 1 is 1.14 bits per heavy atom. The minimum atomic E-state index is -0.397. The Balaban J connectivity index is 1.85. The van der Waals surface area contributed by atoms with E-state index in [9.17, 15) is 8.78 Å². The van der Waals surface area contributed by atoms with Gasteiger partial charge in [0.05, 0.1) is 0 Å². The molecule has 2 rings (SSSR count). The molecule has 0 saturated carbocycles. The summed E-state index contributed by atoms with van der Waals surface area (Å²) in [5, 5.41) is 3.26. The van der Waals surface area contributed by atoms with E-state index in [2.05, 4.69) is 36.0 Å². The van der Waals surface area contributed by atoms with Gasteiger partial charge in [0.1, 0.15) is 11.6 Å². The average molecular weight is 297 g/mol. The molecule has 1 aliphatic heterocycles. The summed E-state index contributed by atoms with van der Waals surface area (Å²) in [7, 11) is 2.13. The maximum absolute atomic E-state index is 13.6. The molecule has 1 N–H and O–H groups in total. The van der Waals surface area contributed by atoms with Crippen LogP contribution in [0.2, 0.25) is 0 Å². The zero-order valence-corrected chi connectivity index (χ0v) is 13.1. The van der Waals surface area contributed by atoms with Gasteiger partial charge in [-0.1, -0.05) is 0 Å². The van der Waals surface area contributed by atoms with E-state index in [0.717, 1.165) is 38.8 Å². The molecule has 21 heavy (non-hydrogen) atoms. The first-order valence-electron chi connectivity index (χ1n) is 7.47. The topological polar surface area (TPSA) is 18.5 Å².